The molecule has 42 heavy (non-hydrogen) atoms. The first kappa shape index (κ1) is 30.5. The molecule has 5 rings (SSSR count). The molecular weight excluding hydrogens is 735 g/mol. The van der Waals surface area contributed by atoms with Gasteiger partial charge in [-0.3, -0.25) is 9.59 Å². The van der Waals surface area contributed by atoms with Gasteiger partial charge in [0.2, 0.25) is 0 Å². The van der Waals surface area contributed by atoms with Crippen LogP contribution in [0.2, 0.25) is 5.02 Å². The Morgan fingerprint density at radius 1 is 1.14 bits per heavy atom. The summed E-state index contributed by atoms with van der Waals surface area (Å²) in [7, 11) is 0. The molecule has 0 aliphatic heterocycles. The van der Waals surface area contributed by atoms with Crippen molar-refractivity contribution < 1.29 is 14.3 Å². The zero-order chi connectivity index (χ0) is 29.6. The fraction of sp³-hybridized carbons (Fsp3) is 0.290. The molecule has 0 radical (unpaired) electrons. The van der Waals surface area contributed by atoms with Gasteiger partial charge in [0.25, 0.3) is 11.5 Å². The molecular formula is C31H29BrClIN4O4. The number of aromatic nitrogens is 2. The number of rotatable bonds is 9. The van der Waals surface area contributed by atoms with Gasteiger partial charge in [0.05, 0.1) is 27.3 Å². The highest BCUT2D eigenvalue weighted by Crippen LogP contribution is 2.35. The number of halogens is 3. The van der Waals surface area contributed by atoms with Crippen molar-refractivity contribution in [1.82, 2.24) is 9.66 Å². The molecule has 4 aromatic rings. The topological polar surface area (TPSA) is 94.8 Å². The Morgan fingerprint density at radius 3 is 2.64 bits per heavy atom. The minimum absolute atomic E-state index is 0.172. The summed E-state index contributed by atoms with van der Waals surface area (Å²) in [5.41, 5.74) is 1.81. The molecule has 0 unspecified atom stereocenters. The van der Waals surface area contributed by atoms with Crippen LogP contribution >= 0.6 is 50.1 Å². The lowest BCUT2D eigenvalue weighted by atomic mass is 9.88. The van der Waals surface area contributed by atoms with Crippen LogP contribution in [-0.4, -0.2) is 35.0 Å². The standard InChI is InChI=1S/C31H29BrClIN4O4/c1-2-41-27-15-19(14-25(34)29(27)42-18-28(39)36-23-11-9-22(33)10-12-23)17-35-38-30(20-6-4-3-5-7-20)37-26-13-8-21(32)16-24(26)31(38)40/h8-17,20H,2-7,18H2,1H3,(H,36,39). The smallest absolute Gasteiger partial charge is 0.282 e. The highest BCUT2D eigenvalue weighted by Gasteiger charge is 2.23. The van der Waals surface area contributed by atoms with Crippen LogP contribution in [0.4, 0.5) is 5.69 Å². The summed E-state index contributed by atoms with van der Waals surface area (Å²) >= 11 is 11.5. The van der Waals surface area contributed by atoms with Gasteiger partial charge in [-0.15, -0.1) is 0 Å². The van der Waals surface area contributed by atoms with Gasteiger partial charge in [0, 0.05) is 21.1 Å². The molecule has 0 atom stereocenters. The van der Waals surface area contributed by atoms with E-state index in [4.69, 9.17) is 26.1 Å². The van der Waals surface area contributed by atoms with Crippen LogP contribution < -0.4 is 20.3 Å². The summed E-state index contributed by atoms with van der Waals surface area (Å²) in [6.07, 6.45) is 7.01. The number of ether oxygens (including phenoxy) is 2. The highest BCUT2D eigenvalue weighted by atomic mass is 127. The van der Waals surface area contributed by atoms with Crippen molar-refractivity contribution in [3.8, 4) is 11.5 Å². The van der Waals surface area contributed by atoms with Gasteiger partial charge >= 0.3 is 0 Å². The highest BCUT2D eigenvalue weighted by molar-refractivity contribution is 14.1. The number of hydrogen-bond donors (Lipinski definition) is 1. The maximum atomic E-state index is 13.7. The minimum Gasteiger partial charge on any atom is -0.490 e. The molecule has 1 heterocycles. The van der Waals surface area contributed by atoms with Crippen molar-refractivity contribution in [1.29, 1.82) is 0 Å². The fourth-order valence-corrected chi connectivity index (χ4v) is 6.23. The quantitative estimate of drug-likeness (QED) is 0.139. The fourth-order valence-electron chi connectivity index (χ4n) is 4.96. The molecule has 1 fully saturated rings. The number of carbonyl (C=O) groups excluding carboxylic acids is 1. The van der Waals surface area contributed by atoms with E-state index in [0.29, 0.717) is 45.5 Å². The lowest BCUT2D eigenvalue weighted by Crippen LogP contribution is -2.25. The van der Waals surface area contributed by atoms with E-state index in [2.05, 4.69) is 48.9 Å². The summed E-state index contributed by atoms with van der Waals surface area (Å²) in [4.78, 5) is 31.1. The summed E-state index contributed by atoms with van der Waals surface area (Å²) < 4.78 is 14.7. The summed E-state index contributed by atoms with van der Waals surface area (Å²) in [6, 6.07) is 16.1. The Bertz CT molecular complexity index is 1690. The number of fused-ring (bicyclic) bond motifs is 1. The van der Waals surface area contributed by atoms with Crippen molar-refractivity contribution in [3.05, 3.63) is 89.4 Å². The van der Waals surface area contributed by atoms with Gasteiger partial charge in [-0.05, 0) is 103 Å². The monoisotopic (exact) mass is 762 g/mol. The van der Waals surface area contributed by atoms with Crippen molar-refractivity contribution in [2.24, 2.45) is 5.10 Å². The number of anilines is 1. The Labute approximate surface area is 270 Å². The third-order valence-corrected chi connectivity index (χ3v) is 8.48. The Morgan fingerprint density at radius 2 is 1.90 bits per heavy atom. The van der Waals surface area contributed by atoms with E-state index >= 15 is 0 Å². The average molecular weight is 764 g/mol. The first-order valence-electron chi connectivity index (χ1n) is 13.7. The molecule has 8 nitrogen and oxygen atoms in total. The van der Waals surface area contributed by atoms with Crippen LogP contribution in [0.1, 0.15) is 56.3 Å². The Hall–Kier alpha value is -2.96. The van der Waals surface area contributed by atoms with Gasteiger partial charge in [0.15, 0.2) is 18.1 Å². The second-order valence-electron chi connectivity index (χ2n) is 9.93. The summed E-state index contributed by atoms with van der Waals surface area (Å²) in [5, 5.41) is 8.54. The van der Waals surface area contributed by atoms with E-state index < -0.39 is 0 Å². The summed E-state index contributed by atoms with van der Waals surface area (Å²) in [6.45, 7) is 2.07. The zero-order valence-corrected chi connectivity index (χ0v) is 27.4. The molecule has 0 bridgehead atoms. The normalized spacial score (nSPS) is 13.9. The van der Waals surface area contributed by atoms with Crippen LogP contribution in [-0.2, 0) is 4.79 Å². The third-order valence-electron chi connectivity index (χ3n) is 6.93. The lowest BCUT2D eigenvalue weighted by molar-refractivity contribution is -0.118. The zero-order valence-electron chi connectivity index (χ0n) is 22.9. The van der Waals surface area contributed by atoms with Crippen LogP contribution in [0.5, 0.6) is 11.5 Å². The van der Waals surface area contributed by atoms with Crippen LogP contribution in [0.25, 0.3) is 10.9 Å². The number of carbonyl (C=O) groups is 1. The maximum Gasteiger partial charge on any atom is 0.282 e. The average Bonchev–Trinajstić information content (AvgIpc) is 2.98. The van der Waals surface area contributed by atoms with Crippen molar-refractivity contribution in [2.45, 2.75) is 44.9 Å². The van der Waals surface area contributed by atoms with Gasteiger partial charge < -0.3 is 14.8 Å². The van der Waals surface area contributed by atoms with E-state index in [-0.39, 0.29) is 24.0 Å². The third kappa shape index (κ3) is 7.33. The van der Waals surface area contributed by atoms with Gasteiger partial charge in [-0.1, -0.05) is 46.8 Å². The van der Waals surface area contributed by atoms with Crippen molar-refractivity contribution >= 4 is 78.8 Å². The van der Waals surface area contributed by atoms with Crippen LogP contribution in [0, 0.1) is 3.57 Å². The van der Waals surface area contributed by atoms with E-state index in [0.717, 1.165) is 39.3 Å². The summed E-state index contributed by atoms with van der Waals surface area (Å²) in [5.74, 6) is 1.48. The second kappa shape index (κ2) is 14.0. The van der Waals surface area contributed by atoms with E-state index in [1.165, 1.54) is 11.1 Å². The number of nitrogens with zero attached hydrogens (tertiary/aromatic N) is 3. The first-order chi connectivity index (χ1) is 20.3. The first-order valence-corrected chi connectivity index (χ1v) is 16.0. The molecule has 1 aliphatic rings. The predicted molar refractivity (Wildman–Crippen MR) is 178 cm³/mol. The van der Waals surface area contributed by atoms with Crippen molar-refractivity contribution in [2.75, 3.05) is 18.5 Å². The van der Waals surface area contributed by atoms with Crippen LogP contribution in [0.3, 0.4) is 0 Å². The predicted octanol–water partition coefficient (Wildman–Crippen LogP) is 7.76. The SMILES string of the molecule is CCOc1cc(C=Nn2c(C3CCCCC3)nc3ccc(Br)cc3c2=O)cc(I)c1OCC(=O)Nc1ccc(Cl)cc1. The molecule has 1 saturated carbocycles. The molecule has 1 N–H and O–H groups in total. The molecule has 11 heteroatoms. The van der Waals surface area contributed by atoms with Gasteiger partial charge in [0.1, 0.15) is 5.82 Å². The van der Waals surface area contributed by atoms with Gasteiger partial charge in [-0.25, -0.2) is 4.98 Å². The Kier molecular flexibility index (Phi) is 10.2. The molecule has 0 saturated heterocycles. The number of benzene rings is 3. The van der Waals surface area contributed by atoms with E-state index in [1.54, 1.807) is 42.6 Å². The van der Waals surface area contributed by atoms with E-state index in [1.807, 2.05) is 25.1 Å². The number of nitrogens with one attached hydrogen (secondary N) is 1. The van der Waals surface area contributed by atoms with Crippen LogP contribution in [0.15, 0.2) is 69.0 Å². The molecule has 3 aromatic carbocycles. The van der Waals surface area contributed by atoms with Crippen molar-refractivity contribution in [3.63, 3.8) is 0 Å². The molecule has 1 aliphatic carbocycles. The molecule has 0 spiro atoms. The number of hydrogen-bond acceptors (Lipinski definition) is 6. The van der Waals surface area contributed by atoms with E-state index in [9.17, 15) is 9.59 Å². The molecule has 218 valence electrons. The van der Waals surface area contributed by atoms with Gasteiger partial charge in [-0.2, -0.15) is 9.78 Å². The number of amides is 1. The Balaban J connectivity index is 1.43. The lowest BCUT2D eigenvalue weighted by Gasteiger charge is -2.22. The second-order valence-corrected chi connectivity index (χ2v) is 12.4. The molecule has 1 amide bonds. The minimum atomic E-state index is -0.314. The largest absolute Gasteiger partial charge is 0.490 e. The molecule has 1 aromatic heterocycles. The maximum absolute atomic E-state index is 13.7.